The zero-order chi connectivity index (χ0) is 19.4. The molecule has 1 heterocycles. The molecule has 1 aromatic rings. The number of hydrogen-bond donors (Lipinski definition) is 1. The Kier molecular flexibility index (Phi) is 5.76. The summed E-state index contributed by atoms with van der Waals surface area (Å²) in [7, 11) is 0. The molecule has 1 aliphatic heterocycles. The van der Waals surface area contributed by atoms with Gasteiger partial charge in [0.15, 0.2) is 0 Å². The summed E-state index contributed by atoms with van der Waals surface area (Å²) in [5, 5.41) is 2.51. The van der Waals surface area contributed by atoms with Crippen molar-refractivity contribution in [1.29, 1.82) is 0 Å². The summed E-state index contributed by atoms with van der Waals surface area (Å²) < 4.78 is 10.1. The average Bonchev–Trinajstić information content (AvgIpc) is 2.54. The van der Waals surface area contributed by atoms with Gasteiger partial charge in [-0.15, -0.1) is 0 Å². The van der Waals surface area contributed by atoms with Gasteiger partial charge in [-0.1, -0.05) is 12.1 Å². The second-order valence-corrected chi connectivity index (χ2v) is 5.64. The number of esters is 2. The fourth-order valence-electron chi connectivity index (χ4n) is 2.74. The Labute approximate surface area is 150 Å². The highest BCUT2D eigenvalue weighted by atomic mass is 16.5. The van der Waals surface area contributed by atoms with Crippen LogP contribution in [0.4, 0.5) is 4.79 Å². The van der Waals surface area contributed by atoms with Crippen molar-refractivity contribution in [2.24, 2.45) is 0 Å². The van der Waals surface area contributed by atoms with Gasteiger partial charge in [-0.3, -0.25) is 14.5 Å². The second kappa shape index (κ2) is 7.81. The summed E-state index contributed by atoms with van der Waals surface area (Å²) in [6.07, 6.45) is 0. The molecule has 0 bridgehead atoms. The third-order valence-corrected chi connectivity index (χ3v) is 3.74. The quantitative estimate of drug-likeness (QED) is 0.651. The minimum Gasteiger partial charge on any atom is -0.463 e. The van der Waals surface area contributed by atoms with Gasteiger partial charge >= 0.3 is 18.0 Å². The van der Waals surface area contributed by atoms with E-state index in [4.69, 9.17) is 9.47 Å². The fourth-order valence-corrected chi connectivity index (χ4v) is 2.74. The van der Waals surface area contributed by atoms with Crippen LogP contribution in [0.5, 0.6) is 5.75 Å². The largest absolute Gasteiger partial charge is 0.463 e. The predicted molar refractivity (Wildman–Crippen MR) is 90.9 cm³/mol. The number of imide groups is 1. The summed E-state index contributed by atoms with van der Waals surface area (Å²) in [5.41, 5.74) is 0.996. The first-order chi connectivity index (χ1) is 12.3. The van der Waals surface area contributed by atoms with Crippen LogP contribution in [0.2, 0.25) is 0 Å². The van der Waals surface area contributed by atoms with Gasteiger partial charge in [-0.05, 0) is 31.5 Å². The van der Waals surface area contributed by atoms with Gasteiger partial charge in [0, 0.05) is 19.5 Å². The van der Waals surface area contributed by atoms with E-state index in [9.17, 15) is 19.2 Å². The lowest BCUT2D eigenvalue weighted by molar-refractivity contribution is -0.140. The van der Waals surface area contributed by atoms with E-state index >= 15 is 0 Å². The number of hydrogen-bond acceptors (Lipinski definition) is 6. The first-order valence-electron chi connectivity index (χ1n) is 8.03. The number of ether oxygens (including phenoxy) is 2. The Hall–Kier alpha value is -3.16. The molecule has 1 N–H and O–H groups in total. The molecule has 0 radical (unpaired) electrons. The molecular weight excluding hydrogens is 340 g/mol. The van der Waals surface area contributed by atoms with Crippen molar-refractivity contribution in [2.75, 3.05) is 6.61 Å². The van der Waals surface area contributed by atoms with Crippen molar-refractivity contribution in [3.05, 3.63) is 41.1 Å². The maximum absolute atomic E-state index is 12.4. The van der Waals surface area contributed by atoms with Crippen LogP contribution in [0.1, 0.15) is 39.3 Å². The molecule has 0 aromatic heterocycles. The lowest BCUT2D eigenvalue weighted by Crippen LogP contribution is -2.50. The van der Waals surface area contributed by atoms with Gasteiger partial charge in [0.2, 0.25) is 5.91 Å². The topological polar surface area (TPSA) is 102 Å². The van der Waals surface area contributed by atoms with Crippen LogP contribution in [-0.2, 0) is 19.1 Å². The van der Waals surface area contributed by atoms with Gasteiger partial charge in [0.1, 0.15) is 11.8 Å². The van der Waals surface area contributed by atoms with Crippen molar-refractivity contribution in [3.8, 4) is 5.75 Å². The van der Waals surface area contributed by atoms with Crippen LogP contribution >= 0.6 is 0 Å². The molecule has 1 atom stereocenters. The molecular formula is C18H20N2O6. The van der Waals surface area contributed by atoms with Gasteiger partial charge in [0.05, 0.1) is 12.2 Å². The Morgan fingerprint density at radius 2 is 1.77 bits per heavy atom. The van der Waals surface area contributed by atoms with Crippen LogP contribution < -0.4 is 10.1 Å². The van der Waals surface area contributed by atoms with Crippen molar-refractivity contribution in [3.63, 3.8) is 0 Å². The van der Waals surface area contributed by atoms with Crippen molar-refractivity contribution in [1.82, 2.24) is 10.2 Å². The summed E-state index contributed by atoms with van der Waals surface area (Å²) in [4.78, 5) is 48.8. The van der Waals surface area contributed by atoms with Crippen molar-refractivity contribution in [2.45, 2.75) is 33.7 Å². The maximum atomic E-state index is 12.4. The molecule has 2 rings (SSSR count). The average molecular weight is 360 g/mol. The lowest BCUT2D eigenvalue weighted by Gasteiger charge is -2.35. The minimum absolute atomic E-state index is 0.155. The normalized spacial score (nSPS) is 16.8. The third-order valence-electron chi connectivity index (χ3n) is 3.74. The zero-order valence-electron chi connectivity index (χ0n) is 15.0. The predicted octanol–water partition coefficient (Wildman–Crippen LogP) is 2.06. The van der Waals surface area contributed by atoms with E-state index in [-0.39, 0.29) is 12.2 Å². The first-order valence-corrected chi connectivity index (χ1v) is 8.03. The number of benzene rings is 1. The Morgan fingerprint density at radius 1 is 1.15 bits per heavy atom. The van der Waals surface area contributed by atoms with E-state index in [0.717, 1.165) is 4.90 Å². The molecule has 0 spiro atoms. The third kappa shape index (κ3) is 3.90. The number of carbonyl (C=O) groups excluding carboxylic acids is 4. The highest BCUT2D eigenvalue weighted by Crippen LogP contribution is 2.35. The molecule has 0 fully saturated rings. The number of urea groups is 1. The molecule has 138 valence electrons. The molecule has 8 heteroatoms. The molecule has 0 unspecified atom stereocenters. The standard InChI is InChI=1S/C18H20N2O6/c1-5-25-17(23)15-10(2)19-18(24)20(11(3)21)16(15)13-6-8-14(9-7-13)26-12(4)22/h6-9,16H,5H2,1-4H3,(H,19,24)/t16-/m0/s1. The highest BCUT2D eigenvalue weighted by Gasteiger charge is 2.40. The molecule has 0 aliphatic carbocycles. The molecule has 26 heavy (non-hydrogen) atoms. The van der Waals surface area contributed by atoms with Crippen molar-refractivity contribution < 1.29 is 28.7 Å². The number of carbonyl (C=O) groups is 4. The van der Waals surface area contributed by atoms with Crippen LogP contribution in [0.3, 0.4) is 0 Å². The molecule has 1 aliphatic rings. The van der Waals surface area contributed by atoms with E-state index < -0.39 is 29.9 Å². The summed E-state index contributed by atoms with van der Waals surface area (Å²) in [5.74, 6) is -1.30. The van der Waals surface area contributed by atoms with E-state index in [1.54, 1.807) is 26.0 Å². The van der Waals surface area contributed by atoms with Crippen LogP contribution in [0, 0.1) is 0 Å². The molecule has 0 saturated heterocycles. The van der Waals surface area contributed by atoms with Crippen LogP contribution in [0.15, 0.2) is 35.5 Å². The number of rotatable bonds is 4. The van der Waals surface area contributed by atoms with E-state index in [0.29, 0.717) is 17.0 Å². The molecule has 3 amide bonds. The van der Waals surface area contributed by atoms with E-state index in [1.165, 1.54) is 26.0 Å². The Bertz CT molecular complexity index is 781. The first kappa shape index (κ1) is 19.2. The van der Waals surface area contributed by atoms with Crippen molar-refractivity contribution >= 4 is 23.9 Å². The number of amides is 3. The van der Waals surface area contributed by atoms with Crippen LogP contribution in [0.25, 0.3) is 0 Å². The molecule has 8 nitrogen and oxygen atoms in total. The maximum Gasteiger partial charge on any atom is 0.338 e. The van der Waals surface area contributed by atoms with E-state index in [2.05, 4.69) is 5.32 Å². The number of allylic oxidation sites excluding steroid dienone is 1. The zero-order valence-corrected chi connectivity index (χ0v) is 15.0. The highest BCUT2D eigenvalue weighted by molar-refractivity contribution is 6.01. The molecule has 0 saturated carbocycles. The van der Waals surface area contributed by atoms with E-state index in [1.807, 2.05) is 0 Å². The minimum atomic E-state index is -0.938. The van der Waals surface area contributed by atoms with Gasteiger partial charge in [-0.25, -0.2) is 9.59 Å². The number of nitrogens with one attached hydrogen (secondary N) is 1. The smallest absolute Gasteiger partial charge is 0.338 e. The summed E-state index contributed by atoms with van der Waals surface area (Å²) in [6, 6.07) is 4.66. The monoisotopic (exact) mass is 360 g/mol. The van der Waals surface area contributed by atoms with Gasteiger partial charge in [0.25, 0.3) is 0 Å². The summed E-state index contributed by atoms with van der Waals surface area (Å²) in [6.45, 7) is 5.91. The lowest BCUT2D eigenvalue weighted by atomic mass is 9.93. The fraction of sp³-hybridized carbons (Fsp3) is 0.333. The molecule has 1 aromatic carbocycles. The SMILES string of the molecule is CCOC(=O)C1=C(C)NC(=O)N(C(C)=O)[C@H]1c1ccc(OC(C)=O)cc1. The Balaban J connectivity index is 2.54. The van der Waals surface area contributed by atoms with Gasteiger partial charge < -0.3 is 14.8 Å². The van der Waals surface area contributed by atoms with Crippen LogP contribution in [-0.4, -0.2) is 35.4 Å². The number of nitrogens with zero attached hydrogens (tertiary/aromatic N) is 1. The Morgan fingerprint density at radius 3 is 2.27 bits per heavy atom. The van der Waals surface area contributed by atoms with Gasteiger partial charge in [-0.2, -0.15) is 0 Å². The summed E-state index contributed by atoms with van der Waals surface area (Å²) >= 11 is 0. The second-order valence-electron chi connectivity index (χ2n) is 5.64.